The maximum absolute atomic E-state index is 12.3. The minimum absolute atomic E-state index is 0.0395. The molecule has 5 heteroatoms. The molecule has 0 aliphatic heterocycles. The topological polar surface area (TPSA) is 67.8 Å². The van der Waals surface area contributed by atoms with Crippen molar-refractivity contribution in [3.63, 3.8) is 0 Å². The molecule has 1 aliphatic rings. The molecule has 3 aromatic carbocycles. The molecule has 0 saturated carbocycles. The number of carbonyl (C=O) groups is 1. The van der Waals surface area contributed by atoms with Crippen LogP contribution in [0.2, 0.25) is 0 Å². The van der Waals surface area contributed by atoms with E-state index in [1.54, 1.807) is 0 Å². The first-order valence-corrected chi connectivity index (χ1v) is 9.46. The fourth-order valence-electron chi connectivity index (χ4n) is 3.79. The van der Waals surface area contributed by atoms with Crippen LogP contribution >= 0.6 is 0 Å². The van der Waals surface area contributed by atoms with Crippen LogP contribution < -0.4 is 5.32 Å². The zero-order valence-electron chi connectivity index (χ0n) is 15.8. The maximum Gasteiger partial charge on any atom is 0.407 e. The summed E-state index contributed by atoms with van der Waals surface area (Å²) >= 11 is 0. The van der Waals surface area contributed by atoms with Gasteiger partial charge in [-0.15, -0.1) is 0 Å². The van der Waals surface area contributed by atoms with Crippen molar-refractivity contribution in [1.82, 2.24) is 5.32 Å². The van der Waals surface area contributed by atoms with Gasteiger partial charge in [-0.05, 0) is 33.4 Å². The predicted octanol–water partition coefficient (Wildman–Crippen LogP) is 4.56. The van der Waals surface area contributed by atoms with E-state index in [0.29, 0.717) is 6.54 Å². The number of fused-ring (bicyclic) bond motifs is 3. The molecule has 0 aromatic heterocycles. The quantitative estimate of drug-likeness (QED) is 0.500. The number of nitrogens with one attached hydrogen (secondary N) is 1. The molecule has 5 nitrogen and oxygen atoms in total. The Morgan fingerprint density at radius 3 is 2.28 bits per heavy atom. The minimum Gasteiger partial charge on any atom is -0.449 e. The SMILES string of the molecule is O=C=NCc1cccc(CNC(=O)OCC2c3ccccc3-c3ccccc32)c1. The number of nitrogens with zero attached hydrogens (tertiary/aromatic N) is 1. The smallest absolute Gasteiger partial charge is 0.407 e. The highest BCUT2D eigenvalue weighted by atomic mass is 16.5. The Morgan fingerprint density at radius 1 is 0.931 bits per heavy atom. The fourth-order valence-corrected chi connectivity index (χ4v) is 3.79. The van der Waals surface area contributed by atoms with Crippen LogP contribution in [-0.2, 0) is 22.6 Å². The second-order valence-electron chi connectivity index (χ2n) is 6.91. The van der Waals surface area contributed by atoms with E-state index in [4.69, 9.17) is 4.74 Å². The zero-order valence-corrected chi connectivity index (χ0v) is 15.8. The fraction of sp³-hybridized carbons (Fsp3) is 0.167. The van der Waals surface area contributed by atoms with Crippen LogP contribution in [0.1, 0.15) is 28.2 Å². The van der Waals surface area contributed by atoms with Gasteiger partial charge >= 0.3 is 6.09 Å². The number of rotatable bonds is 6. The van der Waals surface area contributed by atoms with Crippen molar-refractivity contribution in [2.75, 3.05) is 6.61 Å². The number of amides is 1. The number of hydrogen-bond acceptors (Lipinski definition) is 4. The third-order valence-electron chi connectivity index (χ3n) is 5.10. The van der Waals surface area contributed by atoms with Gasteiger partial charge in [-0.2, -0.15) is 0 Å². The number of ether oxygens (including phenoxy) is 1. The minimum atomic E-state index is -0.455. The Hall–Kier alpha value is -3.69. The maximum atomic E-state index is 12.3. The van der Waals surface area contributed by atoms with Gasteiger partial charge in [0.2, 0.25) is 6.08 Å². The normalized spacial score (nSPS) is 11.9. The molecule has 144 valence electrons. The lowest BCUT2D eigenvalue weighted by Gasteiger charge is -2.14. The van der Waals surface area contributed by atoms with E-state index in [1.165, 1.54) is 28.3 Å². The molecule has 4 rings (SSSR count). The van der Waals surface area contributed by atoms with E-state index in [0.717, 1.165) is 11.1 Å². The van der Waals surface area contributed by atoms with E-state index in [9.17, 15) is 9.59 Å². The summed E-state index contributed by atoms with van der Waals surface area (Å²) in [5.74, 6) is 0.0395. The van der Waals surface area contributed by atoms with Gasteiger partial charge in [0, 0.05) is 12.5 Å². The van der Waals surface area contributed by atoms with Crippen LogP contribution in [0.4, 0.5) is 4.79 Å². The van der Waals surface area contributed by atoms with Gasteiger partial charge in [-0.25, -0.2) is 14.6 Å². The number of alkyl carbamates (subject to hydrolysis) is 1. The summed E-state index contributed by atoms with van der Waals surface area (Å²) in [6, 6.07) is 24.0. The van der Waals surface area contributed by atoms with Crippen molar-refractivity contribution in [3.8, 4) is 11.1 Å². The number of hydrogen-bond donors (Lipinski definition) is 1. The molecule has 0 unspecified atom stereocenters. The lowest BCUT2D eigenvalue weighted by atomic mass is 9.98. The van der Waals surface area contributed by atoms with Gasteiger partial charge in [-0.1, -0.05) is 72.8 Å². The Morgan fingerprint density at radius 2 is 1.59 bits per heavy atom. The molecule has 0 radical (unpaired) electrons. The lowest BCUT2D eigenvalue weighted by molar-refractivity contribution is 0.142. The van der Waals surface area contributed by atoms with Gasteiger partial charge in [0.25, 0.3) is 0 Å². The molecular formula is C24H20N2O3. The molecule has 0 spiro atoms. The molecule has 0 fully saturated rings. The van der Waals surface area contributed by atoms with Crippen LogP contribution in [0.3, 0.4) is 0 Å². The van der Waals surface area contributed by atoms with Gasteiger partial charge < -0.3 is 10.1 Å². The van der Waals surface area contributed by atoms with Crippen molar-refractivity contribution < 1.29 is 14.3 Å². The molecule has 0 bridgehead atoms. The third kappa shape index (κ3) is 4.10. The van der Waals surface area contributed by atoms with Crippen molar-refractivity contribution in [1.29, 1.82) is 0 Å². The Kier molecular flexibility index (Phi) is 5.50. The molecule has 1 amide bonds. The van der Waals surface area contributed by atoms with Crippen molar-refractivity contribution in [2.45, 2.75) is 19.0 Å². The van der Waals surface area contributed by atoms with E-state index in [-0.39, 0.29) is 19.1 Å². The van der Waals surface area contributed by atoms with E-state index in [1.807, 2.05) is 48.5 Å². The highest BCUT2D eigenvalue weighted by molar-refractivity contribution is 5.79. The summed E-state index contributed by atoms with van der Waals surface area (Å²) < 4.78 is 5.54. The summed E-state index contributed by atoms with van der Waals surface area (Å²) in [5.41, 5.74) is 6.57. The standard InChI is InChI=1S/C24H20N2O3/c27-16-25-13-17-6-5-7-18(12-17)14-26-24(28)29-15-23-21-10-3-1-8-19(21)20-9-2-4-11-22(20)23/h1-12,23H,13-15H2,(H,26,28). The van der Waals surface area contributed by atoms with Crippen LogP contribution in [0.5, 0.6) is 0 Å². The van der Waals surface area contributed by atoms with Crippen molar-refractivity contribution in [3.05, 3.63) is 95.1 Å². The van der Waals surface area contributed by atoms with Gasteiger partial charge in [0.15, 0.2) is 0 Å². The number of isocyanates is 1. The van der Waals surface area contributed by atoms with Gasteiger partial charge in [0.05, 0.1) is 6.54 Å². The molecular weight excluding hydrogens is 364 g/mol. The summed E-state index contributed by atoms with van der Waals surface area (Å²) in [7, 11) is 0. The molecule has 29 heavy (non-hydrogen) atoms. The first-order valence-electron chi connectivity index (χ1n) is 9.46. The molecule has 1 N–H and O–H groups in total. The largest absolute Gasteiger partial charge is 0.449 e. The summed E-state index contributed by atoms with van der Waals surface area (Å²) in [5, 5.41) is 2.79. The highest BCUT2D eigenvalue weighted by Crippen LogP contribution is 2.44. The van der Waals surface area contributed by atoms with Crippen LogP contribution in [-0.4, -0.2) is 18.8 Å². The second kappa shape index (κ2) is 8.55. The monoisotopic (exact) mass is 384 g/mol. The molecule has 1 aliphatic carbocycles. The number of carbonyl (C=O) groups excluding carboxylic acids is 2. The van der Waals surface area contributed by atoms with E-state index >= 15 is 0 Å². The van der Waals surface area contributed by atoms with Crippen LogP contribution in [0.25, 0.3) is 11.1 Å². The third-order valence-corrected chi connectivity index (χ3v) is 5.10. The lowest BCUT2D eigenvalue weighted by Crippen LogP contribution is -2.25. The average molecular weight is 384 g/mol. The van der Waals surface area contributed by atoms with Gasteiger partial charge in [-0.3, -0.25) is 0 Å². The Labute approximate surface area is 169 Å². The highest BCUT2D eigenvalue weighted by Gasteiger charge is 2.28. The number of aliphatic imine (C=N–C) groups is 1. The van der Waals surface area contributed by atoms with Crippen LogP contribution in [0, 0.1) is 0 Å². The van der Waals surface area contributed by atoms with Gasteiger partial charge in [0.1, 0.15) is 6.61 Å². The first kappa shape index (κ1) is 18.7. The number of benzene rings is 3. The summed E-state index contributed by atoms with van der Waals surface area (Å²) in [6.07, 6.45) is 1.07. The Bertz CT molecular complexity index is 1040. The first-order chi connectivity index (χ1) is 14.3. The Balaban J connectivity index is 1.37. The van der Waals surface area contributed by atoms with E-state index in [2.05, 4.69) is 34.6 Å². The van der Waals surface area contributed by atoms with Crippen molar-refractivity contribution in [2.24, 2.45) is 4.99 Å². The molecule has 3 aromatic rings. The second-order valence-corrected chi connectivity index (χ2v) is 6.91. The molecule has 0 saturated heterocycles. The van der Waals surface area contributed by atoms with Crippen LogP contribution in [0.15, 0.2) is 77.8 Å². The zero-order chi connectivity index (χ0) is 20.1. The molecule has 0 heterocycles. The summed E-state index contributed by atoms with van der Waals surface area (Å²) in [4.78, 5) is 26.1. The summed E-state index contributed by atoms with van der Waals surface area (Å²) in [6.45, 7) is 0.908. The van der Waals surface area contributed by atoms with E-state index < -0.39 is 6.09 Å². The average Bonchev–Trinajstić information content (AvgIpc) is 3.09. The van der Waals surface area contributed by atoms with Crippen molar-refractivity contribution >= 4 is 12.2 Å². The predicted molar refractivity (Wildman–Crippen MR) is 110 cm³/mol. The molecule has 0 atom stereocenters.